The molecular formula is C37H65N5O3S2. The minimum Gasteiger partial charge on any atom is -0.391 e. The van der Waals surface area contributed by atoms with E-state index >= 15 is 0 Å². The zero-order chi connectivity index (χ0) is 36.1. The van der Waals surface area contributed by atoms with Gasteiger partial charge in [-0.15, -0.1) is 11.8 Å². The summed E-state index contributed by atoms with van der Waals surface area (Å²) in [5.41, 5.74) is 3.64. The third-order valence-corrected chi connectivity index (χ3v) is 9.91. The van der Waals surface area contributed by atoms with E-state index in [-0.39, 0.29) is 16.9 Å². The Morgan fingerprint density at radius 1 is 1.11 bits per heavy atom. The van der Waals surface area contributed by atoms with Crippen molar-refractivity contribution in [2.45, 2.75) is 118 Å². The molecule has 0 saturated carbocycles. The lowest BCUT2D eigenvalue weighted by atomic mass is 10.1. The first-order valence-corrected chi connectivity index (χ1v) is 18.8. The van der Waals surface area contributed by atoms with Crippen LogP contribution in [0.1, 0.15) is 112 Å². The van der Waals surface area contributed by atoms with Gasteiger partial charge in [0.1, 0.15) is 0 Å². The Kier molecular flexibility index (Phi) is 29.5. The molecule has 2 amide bonds. The maximum absolute atomic E-state index is 11.1. The van der Waals surface area contributed by atoms with Crippen LogP contribution in [0.2, 0.25) is 0 Å². The molecule has 0 bridgehead atoms. The number of carbonyl (C=O) groups excluding carboxylic acids is 2. The topological polar surface area (TPSA) is 109 Å². The first-order chi connectivity index (χ1) is 22.3. The van der Waals surface area contributed by atoms with Crippen molar-refractivity contribution in [3.63, 3.8) is 0 Å². The number of amides is 2. The molecule has 1 saturated heterocycles. The number of thioether (sulfide) groups is 2. The van der Waals surface area contributed by atoms with Gasteiger partial charge in [-0.3, -0.25) is 9.59 Å². The minimum atomic E-state index is -0.278. The highest BCUT2D eigenvalue weighted by atomic mass is 32.2. The molecule has 8 nitrogen and oxygen atoms in total. The predicted octanol–water partition coefficient (Wildman–Crippen LogP) is 8.00. The Labute approximate surface area is 296 Å². The number of benzene rings is 1. The number of rotatable bonds is 16. The lowest BCUT2D eigenvalue weighted by Gasteiger charge is -2.34. The van der Waals surface area contributed by atoms with Gasteiger partial charge in [0.05, 0.1) is 11.0 Å². The van der Waals surface area contributed by atoms with Crippen LogP contribution in [0.15, 0.2) is 41.3 Å². The summed E-state index contributed by atoms with van der Waals surface area (Å²) in [5.74, 6) is 1.23. The van der Waals surface area contributed by atoms with Gasteiger partial charge in [-0.1, -0.05) is 81.3 Å². The monoisotopic (exact) mass is 691 g/mol. The van der Waals surface area contributed by atoms with E-state index in [1.54, 1.807) is 28.5 Å². The van der Waals surface area contributed by atoms with Crippen LogP contribution in [0.3, 0.4) is 0 Å². The van der Waals surface area contributed by atoms with Crippen LogP contribution in [-0.4, -0.2) is 77.2 Å². The molecule has 1 unspecified atom stereocenters. The summed E-state index contributed by atoms with van der Waals surface area (Å²) in [5, 5.41) is 25.4. The van der Waals surface area contributed by atoms with Crippen LogP contribution in [0.5, 0.6) is 0 Å². The summed E-state index contributed by atoms with van der Waals surface area (Å²) in [6.07, 6.45) is 11.7. The molecule has 1 heterocycles. The molecule has 47 heavy (non-hydrogen) atoms. The van der Waals surface area contributed by atoms with E-state index in [4.69, 9.17) is 10.4 Å². The Morgan fingerprint density at radius 2 is 1.77 bits per heavy atom. The SMILES string of the molecule is C/C=C\SC(=C(C)C)c1ccc(CNC#N)cc1.CCCCCNCCC.CCCSC(C)(C)N(C)C(C)=O.O=CN1CCC(O)C1. The second kappa shape index (κ2) is 29.7. The smallest absolute Gasteiger partial charge is 0.220 e. The average molecular weight is 692 g/mol. The second-order valence-electron chi connectivity index (χ2n) is 12.0. The van der Waals surface area contributed by atoms with Crippen LogP contribution in [0.25, 0.3) is 4.91 Å². The summed E-state index contributed by atoms with van der Waals surface area (Å²) >= 11 is 3.56. The van der Waals surface area contributed by atoms with Crippen molar-refractivity contribution in [1.29, 1.82) is 5.26 Å². The highest BCUT2D eigenvalue weighted by molar-refractivity contribution is 8.10. The zero-order valence-electron chi connectivity index (χ0n) is 31.0. The largest absolute Gasteiger partial charge is 0.391 e. The van der Waals surface area contributed by atoms with Crippen molar-refractivity contribution in [2.24, 2.45) is 0 Å². The van der Waals surface area contributed by atoms with Gasteiger partial charge >= 0.3 is 0 Å². The van der Waals surface area contributed by atoms with Gasteiger partial charge in [0.2, 0.25) is 12.3 Å². The standard InChI is InChI=1S/C15H18N2S.C9H19NOS.C8H19N.C5H9NO2/c1-4-9-18-15(12(2)3)14-7-5-13(6-8-14)10-17-11-16;1-6-7-12-9(3,4)10(5)8(2)11;1-3-5-6-8-9-7-4-2;7-4-6-2-1-5(8)3-6/h4-9,17H,10H2,1-3H3;6-7H2,1-5H3;9H,3-8H2,1-2H3;4-5,8H,1-3H2/b9-4-;;;. The van der Waals surface area contributed by atoms with E-state index in [9.17, 15) is 9.59 Å². The molecule has 10 heteroatoms. The minimum absolute atomic E-state index is 0.0676. The quantitative estimate of drug-likeness (QED) is 0.0526. The number of likely N-dealkylation sites (tertiary alicyclic amines) is 1. The van der Waals surface area contributed by atoms with Gasteiger partial charge in [0, 0.05) is 38.5 Å². The van der Waals surface area contributed by atoms with Gasteiger partial charge in [-0.25, -0.2) is 0 Å². The zero-order valence-corrected chi connectivity index (χ0v) is 32.7. The Morgan fingerprint density at radius 3 is 2.19 bits per heavy atom. The molecule has 0 spiro atoms. The number of allylic oxidation sites excluding steroid dienone is 2. The number of nitriles is 1. The Hall–Kier alpha value is -2.45. The predicted molar refractivity (Wildman–Crippen MR) is 206 cm³/mol. The van der Waals surface area contributed by atoms with E-state index in [1.807, 2.05) is 38.0 Å². The summed E-state index contributed by atoms with van der Waals surface area (Å²) in [6.45, 7) is 22.8. The molecule has 3 N–H and O–H groups in total. The van der Waals surface area contributed by atoms with Crippen molar-refractivity contribution in [1.82, 2.24) is 20.4 Å². The summed E-state index contributed by atoms with van der Waals surface area (Å²) in [7, 11) is 1.85. The summed E-state index contributed by atoms with van der Waals surface area (Å²) in [6, 6.07) is 8.32. The van der Waals surface area contributed by atoms with Gasteiger partial charge in [0.25, 0.3) is 0 Å². The summed E-state index contributed by atoms with van der Waals surface area (Å²) in [4.78, 5) is 25.6. The fourth-order valence-electron chi connectivity index (χ4n) is 4.02. The maximum Gasteiger partial charge on any atom is 0.220 e. The molecule has 0 radical (unpaired) electrons. The molecule has 1 fully saturated rings. The highest BCUT2D eigenvalue weighted by Crippen LogP contribution is 2.31. The van der Waals surface area contributed by atoms with Crippen molar-refractivity contribution < 1.29 is 14.7 Å². The lowest BCUT2D eigenvalue weighted by molar-refractivity contribution is -0.129. The fraction of sp³-hybridized carbons (Fsp3) is 0.649. The van der Waals surface area contributed by atoms with Crippen LogP contribution in [0.4, 0.5) is 0 Å². The van der Waals surface area contributed by atoms with Crippen molar-refractivity contribution in [2.75, 3.05) is 39.0 Å². The van der Waals surface area contributed by atoms with Crippen molar-refractivity contribution >= 4 is 40.7 Å². The normalized spacial score (nSPS) is 13.6. The molecule has 1 aliphatic heterocycles. The molecule has 0 aliphatic carbocycles. The van der Waals surface area contributed by atoms with E-state index in [2.05, 4.69) is 88.8 Å². The molecule has 1 atom stereocenters. The number of β-amino-alcohol motifs (C(OH)–C–C–N with tert-alkyl or cyclic N) is 1. The second-order valence-corrected chi connectivity index (χ2v) is 14.6. The number of hydrogen-bond donors (Lipinski definition) is 3. The first-order valence-electron chi connectivity index (χ1n) is 17.0. The van der Waals surface area contributed by atoms with E-state index in [1.165, 1.54) is 54.8 Å². The number of carbonyl (C=O) groups is 2. The van der Waals surface area contributed by atoms with Crippen LogP contribution in [-0.2, 0) is 16.1 Å². The van der Waals surface area contributed by atoms with Crippen molar-refractivity contribution in [3.05, 3.63) is 52.4 Å². The molecule has 2 rings (SSSR count). The van der Waals surface area contributed by atoms with E-state index < -0.39 is 0 Å². The average Bonchev–Trinajstić information content (AvgIpc) is 3.49. The highest BCUT2D eigenvalue weighted by Gasteiger charge is 2.25. The number of aliphatic hydroxyl groups excluding tert-OH is 1. The van der Waals surface area contributed by atoms with E-state index in [0.717, 1.165) is 30.6 Å². The van der Waals surface area contributed by atoms with Crippen LogP contribution >= 0.6 is 23.5 Å². The first kappa shape index (κ1) is 46.7. The van der Waals surface area contributed by atoms with Gasteiger partial charge in [-0.2, -0.15) is 5.26 Å². The molecule has 1 aliphatic rings. The number of hydrogen-bond acceptors (Lipinski definition) is 8. The number of nitrogens with one attached hydrogen (secondary N) is 2. The van der Waals surface area contributed by atoms with Gasteiger partial charge in [0.15, 0.2) is 6.19 Å². The third-order valence-electron chi connectivity index (χ3n) is 7.03. The maximum atomic E-state index is 11.1. The molecular weight excluding hydrogens is 627 g/mol. The summed E-state index contributed by atoms with van der Waals surface area (Å²) < 4.78 is 0. The van der Waals surface area contributed by atoms with Crippen LogP contribution in [0, 0.1) is 11.5 Å². The fourth-order valence-corrected chi connectivity index (χ4v) is 5.83. The number of aliphatic hydroxyl groups is 1. The van der Waals surface area contributed by atoms with Gasteiger partial charge < -0.3 is 25.5 Å². The third kappa shape index (κ3) is 24.4. The number of nitrogens with zero attached hydrogens (tertiary/aromatic N) is 3. The Bertz CT molecular complexity index is 1050. The van der Waals surface area contributed by atoms with Crippen LogP contribution < -0.4 is 10.6 Å². The lowest BCUT2D eigenvalue weighted by Crippen LogP contribution is -2.41. The molecule has 0 aromatic heterocycles. The number of unbranched alkanes of at least 4 members (excludes halogenated alkanes) is 2. The molecule has 1 aromatic rings. The van der Waals surface area contributed by atoms with E-state index in [0.29, 0.717) is 19.6 Å². The Balaban J connectivity index is 0. The molecule has 268 valence electrons. The molecule has 1 aromatic carbocycles. The van der Waals surface area contributed by atoms with Crippen molar-refractivity contribution in [3.8, 4) is 6.19 Å². The van der Waals surface area contributed by atoms with Gasteiger partial charge in [-0.05, 0) is 95.7 Å².